The number of halogens is 1. The molecule has 0 aliphatic carbocycles. The van der Waals surface area contributed by atoms with Crippen LogP contribution in [0.25, 0.3) is 0 Å². The van der Waals surface area contributed by atoms with Gasteiger partial charge in [-0.3, -0.25) is 0 Å². The van der Waals surface area contributed by atoms with Crippen molar-refractivity contribution >= 4 is 22.6 Å². The molecule has 0 fully saturated rings. The van der Waals surface area contributed by atoms with Gasteiger partial charge in [0, 0.05) is 3.92 Å². The molecule has 0 aromatic heterocycles. The molecule has 2 atom stereocenters. The SMILES string of the molecule is CC(CC(I)C(C)(C)C)CC(C)(C)C. The number of hydrogen-bond acceptors (Lipinski definition) is 0. The van der Waals surface area contributed by atoms with Crippen LogP contribution in [0.15, 0.2) is 0 Å². The second kappa shape index (κ2) is 5.18. The fourth-order valence-corrected chi connectivity index (χ4v) is 2.70. The molecule has 14 heavy (non-hydrogen) atoms. The minimum Gasteiger partial charge on any atom is -0.0820 e. The lowest BCUT2D eigenvalue weighted by atomic mass is 9.80. The minimum absolute atomic E-state index is 0.451. The molecule has 0 spiro atoms. The first-order valence-corrected chi connectivity index (χ1v) is 6.91. The van der Waals surface area contributed by atoms with E-state index in [9.17, 15) is 0 Å². The fraction of sp³-hybridized carbons (Fsp3) is 1.00. The quantitative estimate of drug-likeness (QED) is 0.490. The van der Waals surface area contributed by atoms with Crippen molar-refractivity contribution in [1.82, 2.24) is 0 Å². The summed E-state index contributed by atoms with van der Waals surface area (Å²) in [7, 11) is 0. The van der Waals surface area contributed by atoms with Gasteiger partial charge in [-0.05, 0) is 29.6 Å². The molecule has 0 aliphatic rings. The van der Waals surface area contributed by atoms with E-state index < -0.39 is 0 Å². The van der Waals surface area contributed by atoms with Gasteiger partial charge in [0.25, 0.3) is 0 Å². The van der Waals surface area contributed by atoms with Gasteiger partial charge in [-0.2, -0.15) is 0 Å². The van der Waals surface area contributed by atoms with Gasteiger partial charge in [0.1, 0.15) is 0 Å². The molecule has 0 radical (unpaired) electrons. The van der Waals surface area contributed by atoms with E-state index >= 15 is 0 Å². The molecule has 0 heterocycles. The van der Waals surface area contributed by atoms with Crippen molar-refractivity contribution in [2.45, 2.75) is 65.2 Å². The van der Waals surface area contributed by atoms with Crippen molar-refractivity contribution in [3.05, 3.63) is 0 Å². The van der Waals surface area contributed by atoms with E-state index in [1.54, 1.807) is 0 Å². The highest BCUT2D eigenvalue weighted by Gasteiger charge is 2.25. The van der Waals surface area contributed by atoms with E-state index in [-0.39, 0.29) is 0 Å². The summed E-state index contributed by atoms with van der Waals surface area (Å²) in [5.41, 5.74) is 0.931. The maximum Gasteiger partial charge on any atom is 0.0161 e. The molecule has 0 saturated carbocycles. The van der Waals surface area contributed by atoms with Crippen molar-refractivity contribution < 1.29 is 0 Å². The van der Waals surface area contributed by atoms with E-state index in [1.807, 2.05) is 0 Å². The molecule has 2 unspecified atom stereocenters. The Kier molecular flexibility index (Phi) is 5.45. The Morgan fingerprint density at radius 2 is 1.43 bits per heavy atom. The zero-order chi connectivity index (χ0) is 11.6. The highest BCUT2D eigenvalue weighted by atomic mass is 127. The number of hydrogen-bond donors (Lipinski definition) is 0. The lowest BCUT2D eigenvalue weighted by molar-refractivity contribution is 0.272. The zero-order valence-electron chi connectivity index (χ0n) is 10.9. The Bertz CT molecular complexity index is 159. The molecule has 0 aromatic rings. The van der Waals surface area contributed by atoms with Crippen molar-refractivity contribution in [1.29, 1.82) is 0 Å². The summed E-state index contributed by atoms with van der Waals surface area (Å²) in [6, 6.07) is 0. The molecular formula is C13H27I. The van der Waals surface area contributed by atoms with E-state index in [0.29, 0.717) is 10.8 Å². The molecule has 0 aromatic carbocycles. The molecule has 0 amide bonds. The molecule has 1 heteroatoms. The summed E-state index contributed by atoms with van der Waals surface area (Å²) in [5, 5.41) is 0. The summed E-state index contributed by atoms with van der Waals surface area (Å²) in [6.45, 7) is 16.4. The van der Waals surface area contributed by atoms with Gasteiger partial charge in [0.2, 0.25) is 0 Å². The monoisotopic (exact) mass is 310 g/mol. The minimum atomic E-state index is 0.451. The van der Waals surface area contributed by atoms with Gasteiger partial charge in [-0.25, -0.2) is 0 Å². The Morgan fingerprint density at radius 1 is 1.00 bits per heavy atom. The predicted molar refractivity (Wildman–Crippen MR) is 75.1 cm³/mol. The van der Waals surface area contributed by atoms with Crippen LogP contribution in [0.1, 0.15) is 61.3 Å². The van der Waals surface area contributed by atoms with Gasteiger partial charge in [0.15, 0.2) is 0 Å². The largest absolute Gasteiger partial charge is 0.0820 e. The smallest absolute Gasteiger partial charge is 0.0161 e. The van der Waals surface area contributed by atoms with Crippen molar-refractivity contribution in [3.63, 3.8) is 0 Å². The third kappa shape index (κ3) is 7.08. The Morgan fingerprint density at radius 3 is 1.71 bits per heavy atom. The highest BCUT2D eigenvalue weighted by Crippen LogP contribution is 2.35. The topological polar surface area (TPSA) is 0 Å². The average Bonchev–Trinajstić information content (AvgIpc) is 1.79. The molecule has 0 nitrogen and oxygen atoms in total. The maximum atomic E-state index is 2.62. The second-order valence-electron chi connectivity index (χ2n) is 6.94. The van der Waals surface area contributed by atoms with Crippen molar-refractivity contribution in [2.24, 2.45) is 16.7 Å². The predicted octanol–water partition coefficient (Wildman–Crippen LogP) is 5.30. The zero-order valence-corrected chi connectivity index (χ0v) is 13.1. The van der Waals surface area contributed by atoms with Gasteiger partial charge < -0.3 is 0 Å². The number of rotatable bonds is 3. The summed E-state index contributed by atoms with van der Waals surface area (Å²) in [4.78, 5) is 0. The van der Waals surface area contributed by atoms with E-state index in [2.05, 4.69) is 71.1 Å². The summed E-state index contributed by atoms with van der Waals surface area (Å²) < 4.78 is 0.789. The lowest BCUT2D eigenvalue weighted by Gasteiger charge is -2.30. The van der Waals surface area contributed by atoms with Crippen molar-refractivity contribution in [3.8, 4) is 0 Å². The van der Waals surface area contributed by atoms with Gasteiger partial charge in [-0.15, -0.1) is 0 Å². The molecule has 0 rings (SSSR count). The lowest BCUT2D eigenvalue weighted by Crippen LogP contribution is -2.24. The fourth-order valence-electron chi connectivity index (χ4n) is 1.84. The maximum absolute atomic E-state index is 2.62. The summed E-state index contributed by atoms with van der Waals surface area (Å²) in [5.74, 6) is 0.844. The third-order valence-corrected chi connectivity index (χ3v) is 4.89. The van der Waals surface area contributed by atoms with Crippen molar-refractivity contribution in [2.75, 3.05) is 0 Å². The first kappa shape index (κ1) is 14.7. The molecular weight excluding hydrogens is 283 g/mol. The van der Waals surface area contributed by atoms with Crippen LogP contribution in [0, 0.1) is 16.7 Å². The second-order valence-corrected chi connectivity index (χ2v) is 8.44. The van der Waals surface area contributed by atoms with Crippen LogP contribution < -0.4 is 0 Å². The summed E-state index contributed by atoms with van der Waals surface area (Å²) in [6.07, 6.45) is 2.68. The van der Waals surface area contributed by atoms with E-state index in [0.717, 1.165) is 9.84 Å². The van der Waals surface area contributed by atoms with Gasteiger partial charge in [0.05, 0.1) is 0 Å². The van der Waals surface area contributed by atoms with E-state index in [1.165, 1.54) is 12.8 Å². The highest BCUT2D eigenvalue weighted by molar-refractivity contribution is 14.1. The average molecular weight is 310 g/mol. The Hall–Kier alpha value is 0.730. The van der Waals surface area contributed by atoms with Crippen LogP contribution in [-0.2, 0) is 0 Å². The van der Waals surface area contributed by atoms with Gasteiger partial charge in [-0.1, -0.05) is 71.1 Å². The molecule has 0 saturated heterocycles. The van der Waals surface area contributed by atoms with Crippen LogP contribution >= 0.6 is 22.6 Å². The first-order valence-electron chi connectivity index (χ1n) is 5.66. The van der Waals surface area contributed by atoms with Crippen LogP contribution in [0.3, 0.4) is 0 Å². The van der Waals surface area contributed by atoms with Crippen LogP contribution in [0.4, 0.5) is 0 Å². The molecule has 86 valence electrons. The van der Waals surface area contributed by atoms with Crippen LogP contribution in [0.2, 0.25) is 0 Å². The first-order chi connectivity index (χ1) is 6.02. The Labute approximate surface area is 104 Å². The van der Waals surface area contributed by atoms with Crippen LogP contribution in [0.5, 0.6) is 0 Å². The van der Waals surface area contributed by atoms with E-state index in [4.69, 9.17) is 0 Å². The molecule has 0 aliphatic heterocycles. The van der Waals surface area contributed by atoms with Gasteiger partial charge >= 0.3 is 0 Å². The normalized spacial score (nSPS) is 18.0. The third-order valence-electron chi connectivity index (χ3n) is 2.51. The summed E-state index contributed by atoms with van der Waals surface area (Å²) >= 11 is 2.62. The standard InChI is InChI=1S/C13H27I/c1-10(9-12(2,3)4)8-11(14)13(5,6)7/h10-11H,8-9H2,1-7H3. The number of alkyl halides is 1. The molecule has 0 N–H and O–H groups in total. The molecule has 0 bridgehead atoms. The van der Waals surface area contributed by atoms with Crippen LogP contribution in [-0.4, -0.2) is 3.92 Å². The Balaban J connectivity index is 4.01.